The maximum atomic E-state index is 11.7. The van der Waals surface area contributed by atoms with Crippen molar-refractivity contribution in [2.24, 2.45) is 0 Å². The van der Waals surface area contributed by atoms with Crippen LogP contribution in [0.25, 0.3) is 11.0 Å². The molecule has 3 rings (SSSR count). The maximum absolute atomic E-state index is 11.7. The molecule has 0 N–H and O–H groups in total. The first-order chi connectivity index (χ1) is 12.1. The lowest BCUT2D eigenvalue weighted by Gasteiger charge is -2.43. The van der Waals surface area contributed by atoms with Gasteiger partial charge in [0.1, 0.15) is 16.9 Å². The molecule has 0 aliphatic carbocycles. The second kappa shape index (κ2) is 6.16. The number of esters is 2. The second-order valence-electron chi connectivity index (χ2n) is 6.90. The molecule has 2 atom stereocenters. The van der Waals surface area contributed by atoms with Gasteiger partial charge in [-0.3, -0.25) is 9.59 Å². The van der Waals surface area contributed by atoms with E-state index < -0.39 is 35.4 Å². The summed E-state index contributed by atoms with van der Waals surface area (Å²) >= 11 is 0. The number of carbonyl (C=O) groups is 2. The Kier molecular flexibility index (Phi) is 4.26. The Bertz CT molecular complexity index is 954. The van der Waals surface area contributed by atoms with Gasteiger partial charge in [0, 0.05) is 36.9 Å². The van der Waals surface area contributed by atoms with Crippen LogP contribution in [0, 0.1) is 6.92 Å². The fraction of sp³-hybridized carbons (Fsp3) is 0.421. The SMILES string of the molecule is CC(=O)O[C@H]1c2cc3c(C)cc(=O)oc3cc2OC(C)(C)[C@H]1OC(C)=O. The summed E-state index contributed by atoms with van der Waals surface area (Å²) in [5.41, 5.74) is 0.220. The van der Waals surface area contributed by atoms with Crippen molar-refractivity contribution >= 4 is 22.9 Å². The van der Waals surface area contributed by atoms with Crippen LogP contribution in [0.1, 0.15) is 44.9 Å². The summed E-state index contributed by atoms with van der Waals surface area (Å²) in [6, 6.07) is 4.72. The first kappa shape index (κ1) is 18.0. The van der Waals surface area contributed by atoms with Crippen LogP contribution in [0.2, 0.25) is 0 Å². The van der Waals surface area contributed by atoms with Crippen molar-refractivity contribution in [3.8, 4) is 5.75 Å². The molecule has 138 valence electrons. The minimum Gasteiger partial charge on any atom is -0.483 e. The molecule has 0 radical (unpaired) electrons. The highest BCUT2D eigenvalue weighted by Gasteiger charge is 2.48. The van der Waals surface area contributed by atoms with Crippen molar-refractivity contribution in [1.82, 2.24) is 0 Å². The minimum absolute atomic E-state index is 0.372. The predicted octanol–water partition coefficient (Wildman–Crippen LogP) is 2.81. The molecule has 1 aliphatic rings. The number of fused-ring (bicyclic) bond motifs is 2. The minimum atomic E-state index is -0.962. The normalized spacial score (nSPS) is 20.8. The van der Waals surface area contributed by atoms with Crippen LogP contribution in [-0.4, -0.2) is 23.6 Å². The summed E-state index contributed by atoms with van der Waals surface area (Å²) in [5.74, 6) is -0.603. The Labute approximate surface area is 149 Å². The predicted molar refractivity (Wildman–Crippen MR) is 92.0 cm³/mol. The van der Waals surface area contributed by atoms with Crippen molar-refractivity contribution in [1.29, 1.82) is 0 Å². The third-order valence-corrected chi connectivity index (χ3v) is 4.31. The van der Waals surface area contributed by atoms with Crippen molar-refractivity contribution in [2.45, 2.75) is 52.4 Å². The average Bonchev–Trinajstić information content (AvgIpc) is 2.48. The first-order valence-corrected chi connectivity index (χ1v) is 8.20. The molecule has 2 aromatic rings. The Morgan fingerprint density at radius 3 is 2.35 bits per heavy atom. The Morgan fingerprint density at radius 2 is 1.73 bits per heavy atom. The molecule has 7 nitrogen and oxygen atoms in total. The van der Waals surface area contributed by atoms with Gasteiger partial charge in [-0.25, -0.2) is 4.79 Å². The van der Waals surface area contributed by atoms with E-state index in [1.54, 1.807) is 32.9 Å². The molecule has 0 spiro atoms. The number of hydrogen-bond acceptors (Lipinski definition) is 7. The molecule has 0 amide bonds. The lowest BCUT2D eigenvalue weighted by Crippen LogP contribution is -2.51. The Morgan fingerprint density at radius 1 is 1.08 bits per heavy atom. The zero-order valence-electron chi connectivity index (χ0n) is 15.2. The van der Waals surface area contributed by atoms with Crippen LogP contribution >= 0.6 is 0 Å². The van der Waals surface area contributed by atoms with Gasteiger partial charge in [0.05, 0.1) is 0 Å². The van der Waals surface area contributed by atoms with Crippen LogP contribution in [0.3, 0.4) is 0 Å². The number of ether oxygens (including phenoxy) is 3. The van der Waals surface area contributed by atoms with Gasteiger partial charge < -0.3 is 18.6 Å². The highest BCUT2D eigenvalue weighted by Crippen LogP contribution is 2.45. The molecule has 0 unspecified atom stereocenters. The standard InChI is InChI=1S/C19H20O7/c1-9-6-16(22)25-14-8-15-13(7-12(9)14)17(23-10(2)20)18(24-11(3)21)19(4,5)26-15/h6-8,17-18H,1-5H3/t17-,18-/m0/s1. The largest absolute Gasteiger partial charge is 0.483 e. The quantitative estimate of drug-likeness (QED) is 0.600. The van der Waals surface area contributed by atoms with Crippen LogP contribution in [0.15, 0.2) is 27.4 Å². The van der Waals surface area contributed by atoms with Gasteiger partial charge in [-0.05, 0) is 32.4 Å². The van der Waals surface area contributed by atoms with E-state index in [1.807, 2.05) is 0 Å². The van der Waals surface area contributed by atoms with E-state index in [2.05, 4.69) is 0 Å². The van der Waals surface area contributed by atoms with E-state index in [0.717, 1.165) is 5.56 Å². The van der Waals surface area contributed by atoms with Crippen molar-refractivity contribution < 1.29 is 28.2 Å². The third-order valence-electron chi connectivity index (χ3n) is 4.31. The lowest BCUT2D eigenvalue weighted by molar-refractivity contribution is -0.187. The zero-order chi connectivity index (χ0) is 19.2. The fourth-order valence-electron chi connectivity index (χ4n) is 3.23. The number of benzene rings is 1. The molecule has 1 aromatic heterocycles. The number of hydrogen-bond donors (Lipinski definition) is 0. The molecule has 2 heterocycles. The Balaban J connectivity index is 2.24. The number of carbonyl (C=O) groups excluding carboxylic acids is 2. The third kappa shape index (κ3) is 3.16. The van der Waals surface area contributed by atoms with Gasteiger partial charge in [-0.2, -0.15) is 0 Å². The van der Waals surface area contributed by atoms with Gasteiger partial charge in [-0.15, -0.1) is 0 Å². The fourth-order valence-corrected chi connectivity index (χ4v) is 3.23. The Hall–Kier alpha value is -2.83. The van der Waals surface area contributed by atoms with E-state index in [1.165, 1.54) is 19.9 Å². The van der Waals surface area contributed by atoms with Gasteiger partial charge in [0.2, 0.25) is 0 Å². The molecule has 7 heteroatoms. The van der Waals surface area contributed by atoms with Gasteiger partial charge in [-0.1, -0.05) is 0 Å². The van der Waals surface area contributed by atoms with Crippen molar-refractivity contribution in [2.75, 3.05) is 0 Å². The molecule has 26 heavy (non-hydrogen) atoms. The van der Waals surface area contributed by atoms with Crippen molar-refractivity contribution in [3.63, 3.8) is 0 Å². The van der Waals surface area contributed by atoms with Gasteiger partial charge in [0.25, 0.3) is 0 Å². The number of aryl methyl sites for hydroxylation is 1. The monoisotopic (exact) mass is 360 g/mol. The summed E-state index contributed by atoms with van der Waals surface area (Å²) in [4.78, 5) is 34.9. The summed E-state index contributed by atoms with van der Waals surface area (Å²) in [6.07, 6.45) is -1.67. The van der Waals surface area contributed by atoms with E-state index in [-0.39, 0.29) is 0 Å². The smallest absolute Gasteiger partial charge is 0.336 e. The lowest BCUT2D eigenvalue weighted by atomic mass is 9.87. The maximum Gasteiger partial charge on any atom is 0.336 e. The molecule has 0 bridgehead atoms. The zero-order valence-corrected chi connectivity index (χ0v) is 15.2. The van der Waals surface area contributed by atoms with Crippen LogP contribution in [-0.2, 0) is 19.1 Å². The first-order valence-electron chi connectivity index (χ1n) is 8.20. The van der Waals surface area contributed by atoms with E-state index >= 15 is 0 Å². The number of rotatable bonds is 2. The van der Waals surface area contributed by atoms with Crippen LogP contribution in [0.5, 0.6) is 5.75 Å². The molecule has 1 aromatic carbocycles. The van der Waals surface area contributed by atoms with Gasteiger partial charge in [0.15, 0.2) is 12.2 Å². The summed E-state index contributed by atoms with van der Waals surface area (Å²) in [5, 5.41) is 0.686. The van der Waals surface area contributed by atoms with Crippen LogP contribution in [0.4, 0.5) is 0 Å². The summed E-state index contributed by atoms with van der Waals surface area (Å²) < 4.78 is 22.2. The topological polar surface area (TPSA) is 92.0 Å². The summed E-state index contributed by atoms with van der Waals surface area (Å²) in [7, 11) is 0. The molecule has 0 fully saturated rings. The van der Waals surface area contributed by atoms with E-state index in [0.29, 0.717) is 22.3 Å². The van der Waals surface area contributed by atoms with Crippen LogP contribution < -0.4 is 10.4 Å². The molecule has 0 saturated carbocycles. The van der Waals surface area contributed by atoms with E-state index in [9.17, 15) is 14.4 Å². The highest BCUT2D eigenvalue weighted by molar-refractivity contribution is 5.83. The molecule has 1 aliphatic heterocycles. The molecular formula is C19H20O7. The summed E-state index contributed by atoms with van der Waals surface area (Å²) in [6.45, 7) is 7.82. The average molecular weight is 360 g/mol. The van der Waals surface area contributed by atoms with Gasteiger partial charge >= 0.3 is 17.6 Å². The molecule has 0 saturated heterocycles. The highest BCUT2D eigenvalue weighted by atomic mass is 16.6. The molecular weight excluding hydrogens is 340 g/mol. The van der Waals surface area contributed by atoms with E-state index in [4.69, 9.17) is 18.6 Å². The van der Waals surface area contributed by atoms with Crippen molar-refractivity contribution in [3.05, 3.63) is 39.7 Å². The second-order valence-corrected chi connectivity index (χ2v) is 6.90.